The summed E-state index contributed by atoms with van der Waals surface area (Å²) in [6.07, 6.45) is -3.90. The minimum atomic E-state index is -4.63. The van der Waals surface area contributed by atoms with Gasteiger partial charge in [0.2, 0.25) is 0 Å². The number of hydrogen-bond acceptors (Lipinski definition) is 3. The Balaban J connectivity index is 2.52. The van der Waals surface area contributed by atoms with E-state index < -0.39 is 23.6 Å². The SMILES string of the molecule is CCc1nc2c(Cl)cc(C(F)(F)F)cn2c1C(=O)NCCC(=O)O. The Morgan fingerprint density at radius 2 is 2.08 bits per heavy atom. The monoisotopic (exact) mass is 363 g/mol. The van der Waals surface area contributed by atoms with Gasteiger partial charge in [-0.05, 0) is 12.5 Å². The van der Waals surface area contributed by atoms with Gasteiger partial charge in [0.1, 0.15) is 5.69 Å². The molecule has 1 amide bonds. The van der Waals surface area contributed by atoms with Crippen molar-refractivity contribution in [3.63, 3.8) is 0 Å². The maximum Gasteiger partial charge on any atom is 0.417 e. The number of pyridine rings is 1. The molecule has 0 fully saturated rings. The van der Waals surface area contributed by atoms with Crippen LogP contribution in [0.1, 0.15) is 35.1 Å². The first-order valence-electron chi connectivity index (χ1n) is 6.92. The van der Waals surface area contributed by atoms with E-state index >= 15 is 0 Å². The number of nitrogens with zero attached hydrogens (tertiary/aromatic N) is 2. The molecule has 0 spiro atoms. The highest BCUT2D eigenvalue weighted by molar-refractivity contribution is 6.33. The highest BCUT2D eigenvalue weighted by atomic mass is 35.5. The summed E-state index contributed by atoms with van der Waals surface area (Å²) in [6.45, 7) is 1.53. The second kappa shape index (κ2) is 6.68. The predicted octanol–water partition coefficient (Wildman–Crippen LogP) is 2.77. The van der Waals surface area contributed by atoms with Crippen LogP contribution in [0, 0.1) is 0 Å². The van der Waals surface area contributed by atoms with Crippen LogP contribution >= 0.6 is 11.6 Å². The molecule has 0 aliphatic carbocycles. The van der Waals surface area contributed by atoms with Crippen LogP contribution < -0.4 is 5.32 Å². The highest BCUT2D eigenvalue weighted by Crippen LogP contribution is 2.33. The molecule has 2 aromatic heterocycles. The van der Waals surface area contributed by atoms with Crippen molar-refractivity contribution in [1.82, 2.24) is 14.7 Å². The molecule has 24 heavy (non-hydrogen) atoms. The lowest BCUT2D eigenvalue weighted by Gasteiger charge is -2.10. The standard InChI is InChI=1S/C14H13ClF3N3O3/c1-2-9-11(13(24)19-4-3-10(22)23)21-6-7(14(16,17)18)5-8(15)12(21)20-9/h5-6H,2-4H2,1H3,(H,19,24)(H,22,23). The molecule has 0 bridgehead atoms. The van der Waals surface area contributed by atoms with Crippen molar-refractivity contribution in [2.45, 2.75) is 25.9 Å². The summed E-state index contributed by atoms with van der Waals surface area (Å²) in [7, 11) is 0. The Morgan fingerprint density at radius 3 is 2.62 bits per heavy atom. The number of carbonyl (C=O) groups is 2. The number of carboxylic acid groups (broad SMARTS) is 1. The van der Waals surface area contributed by atoms with Gasteiger partial charge in [0, 0.05) is 12.7 Å². The molecule has 0 aliphatic rings. The number of carbonyl (C=O) groups excluding carboxylic acids is 1. The van der Waals surface area contributed by atoms with Gasteiger partial charge in [0.25, 0.3) is 5.91 Å². The molecular formula is C14H13ClF3N3O3. The van der Waals surface area contributed by atoms with Crippen LogP contribution in [0.3, 0.4) is 0 Å². The number of halogens is 4. The van der Waals surface area contributed by atoms with Gasteiger partial charge in [0.05, 0.1) is 22.7 Å². The summed E-state index contributed by atoms with van der Waals surface area (Å²) >= 11 is 5.87. The van der Waals surface area contributed by atoms with Crippen molar-refractivity contribution < 1.29 is 27.9 Å². The van der Waals surface area contributed by atoms with Crippen LogP contribution in [0.4, 0.5) is 13.2 Å². The zero-order chi connectivity index (χ0) is 18.1. The van der Waals surface area contributed by atoms with Crippen molar-refractivity contribution >= 4 is 29.1 Å². The Kier molecular flexibility index (Phi) is 5.02. The third-order valence-electron chi connectivity index (χ3n) is 3.25. The minimum Gasteiger partial charge on any atom is -0.481 e. The fourth-order valence-electron chi connectivity index (χ4n) is 2.16. The molecule has 130 valence electrons. The van der Waals surface area contributed by atoms with Crippen LogP contribution in [-0.4, -0.2) is 32.9 Å². The average Bonchev–Trinajstić information content (AvgIpc) is 2.85. The van der Waals surface area contributed by atoms with E-state index in [0.717, 1.165) is 16.7 Å². The number of carboxylic acids is 1. The summed E-state index contributed by atoms with van der Waals surface area (Å²) in [6, 6.07) is 0.745. The molecule has 2 heterocycles. The van der Waals surface area contributed by atoms with E-state index in [-0.39, 0.29) is 35.0 Å². The summed E-state index contributed by atoms with van der Waals surface area (Å²) in [4.78, 5) is 26.9. The maximum absolute atomic E-state index is 13.0. The number of amides is 1. The van der Waals surface area contributed by atoms with Gasteiger partial charge in [-0.15, -0.1) is 0 Å². The molecule has 6 nitrogen and oxygen atoms in total. The Morgan fingerprint density at radius 1 is 1.42 bits per heavy atom. The largest absolute Gasteiger partial charge is 0.481 e. The molecule has 0 unspecified atom stereocenters. The lowest BCUT2D eigenvalue weighted by molar-refractivity contribution is -0.138. The van der Waals surface area contributed by atoms with Crippen molar-refractivity contribution in [2.75, 3.05) is 6.54 Å². The van der Waals surface area contributed by atoms with Gasteiger partial charge in [-0.3, -0.25) is 14.0 Å². The number of aryl methyl sites for hydroxylation is 1. The fourth-order valence-corrected chi connectivity index (χ4v) is 2.41. The Bertz CT molecular complexity index is 802. The first kappa shape index (κ1) is 18.1. The van der Waals surface area contributed by atoms with Crippen molar-refractivity contribution in [2.24, 2.45) is 0 Å². The second-order valence-corrected chi connectivity index (χ2v) is 5.34. The number of hydrogen-bond donors (Lipinski definition) is 2. The van der Waals surface area contributed by atoms with Gasteiger partial charge >= 0.3 is 12.1 Å². The fraction of sp³-hybridized carbons (Fsp3) is 0.357. The van der Waals surface area contributed by atoms with E-state index in [4.69, 9.17) is 16.7 Å². The van der Waals surface area contributed by atoms with Gasteiger partial charge in [-0.1, -0.05) is 18.5 Å². The van der Waals surface area contributed by atoms with Crippen molar-refractivity contribution in [3.8, 4) is 0 Å². The molecule has 0 saturated heterocycles. The zero-order valence-corrected chi connectivity index (χ0v) is 13.2. The van der Waals surface area contributed by atoms with Crippen LogP contribution in [-0.2, 0) is 17.4 Å². The van der Waals surface area contributed by atoms with Crippen molar-refractivity contribution in [1.29, 1.82) is 0 Å². The van der Waals surface area contributed by atoms with E-state index in [1.807, 2.05) is 0 Å². The van der Waals surface area contributed by atoms with Crippen LogP contribution in [0.25, 0.3) is 5.65 Å². The first-order chi connectivity index (χ1) is 11.1. The molecule has 2 N–H and O–H groups in total. The minimum absolute atomic E-state index is 0.0323. The maximum atomic E-state index is 13.0. The lowest BCUT2D eigenvalue weighted by atomic mass is 10.2. The van der Waals surface area contributed by atoms with Gasteiger partial charge in [-0.25, -0.2) is 4.98 Å². The van der Waals surface area contributed by atoms with E-state index in [1.165, 1.54) is 0 Å². The number of aliphatic carboxylic acids is 1. The third-order valence-corrected chi connectivity index (χ3v) is 3.53. The summed E-state index contributed by atoms with van der Waals surface area (Å²) < 4.78 is 39.8. The van der Waals surface area contributed by atoms with E-state index in [2.05, 4.69) is 10.3 Å². The number of nitrogens with one attached hydrogen (secondary N) is 1. The Hall–Kier alpha value is -2.29. The normalized spacial score (nSPS) is 11.7. The molecule has 0 aromatic carbocycles. The predicted molar refractivity (Wildman–Crippen MR) is 79.2 cm³/mol. The molecule has 2 rings (SSSR count). The summed E-state index contributed by atoms with van der Waals surface area (Å²) in [5, 5.41) is 10.7. The second-order valence-electron chi connectivity index (χ2n) is 4.93. The average molecular weight is 364 g/mol. The molecule has 0 aliphatic heterocycles. The van der Waals surface area contributed by atoms with E-state index in [9.17, 15) is 22.8 Å². The van der Waals surface area contributed by atoms with Gasteiger partial charge < -0.3 is 10.4 Å². The third kappa shape index (κ3) is 3.61. The smallest absolute Gasteiger partial charge is 0.417 e. The topological polar surface area (TPSA) is 83.7 Å². The molecular weight excluding hydrogens is 351 g/mol. The first-order valence-corrected chi connectivity index (χ1v) is 7.30. The number of alkyl halides is 3. The van der Waals surface area contributed by atoms with Crippen LogP contribution in [0.2, 0.25) is 5.02 Å². The van der Waals surface area contributed by atoms with Crippen LogP contribution in [0.5, 0.6) is 0 Å². The summed E-state index contributed by atoms with van der Waals surface area (Å²) in [5.74, 6) is -1.82. The number of fused-ring (bicyclic) bond motifs is 1. The van der Waals surface area contributed by atoms with Crippen LogP contribution in [0.15, 0.2) is 12.3 Å². The van der Waals surface area contributed by atoms with E-state index in [0.29, 0.717) is 6.42 Å². The number of rotatable bonds is 5. The zero-order valence-electron chi connectivity index (χ0n) is 12.4. The lowest BCUT2D eigenvalue weighted by Crippen LogP contribution is -2.28. The Labute approximate surface area is 139 Å². The molecule has 0 atom stereocenters. The van der Waals surface area contributed by atoms with Gasteiger partial charge in [0.15, 0.2) is 5.65 Å². The number of imidazole rings is 1. The summed E-state index contributed by atoms with van der Waals surface area (Å²) in [5.41, 5.74) is -0.806. The van der Waals surface area contributed by atoms with E-state index in [1.54, 1.807) is 6.92 Å². The molecule has 0 radical (unpaired) electrons. The molecule has 2 aromatic rings. The highest BCUT2D eigenvalue weighted by Gasteiger charge is 2.33. The molecule has 10 heteroatoms. The molecule has 0 saturated carbocycles. The van der Waals surface area contributed by atoms with Gasteiger partial charge in [-0.2, -0.15) is 13.2 Å². The van der Waals surface area contributed by atoms with Crippen molar-refractivity contribution in [3.05, 3.63) is 34.2 Å². The quantitative estimate of drug-likeness (QED) is 0.855. The number of aromatic nitrogens is 2.